The lowest BCUT2D eigenvalue weighted by Gasteiger charge is -2.00. The van der Waals surface area contributed by atoms with Gasteiger partial charge in [0.25, 0.3) is 0 Å². The van der Waals surface area contributed by atoms with E-state index in [0.29, 0.717) is 11.4 Å². The maximum absolute atomic E-state index is 12.2. The Labute approximate surface area is 76.6 Å². The molecule has 0 aliphatic carbocycles. The number of aromatic nitrogens is 1. The Hall–Kier alpha value is -1.09. The van der Waals surface area contributed by atoms with E-state index in [9.17, 15) is 13.2 Å². The first-order valence-corrected chi connectivity index (χ1v) is 4.27. The molecule has 6 heteroatoms. The first kappa shape index (κ1) is 9.99. The number of thiazole rings is 1. The third-order valence-electron chi connectivity index (χ3n) is 1.34. The van der Waals surface area contributed by atoms with Gasteiger partial charge in [0.15, 0.2) is 5.69 Å². The minimum atomic E-state index is -4.52. The van der Waals surface area contributed by atoms with Crippen molar-refractivity contribution in [3.05, 3.63) is 15.6 Å². The van der Waals surface area contributed by atoms with Crippen molar-refractivity contribution in [1.82, 2.24) is 4.98 Å². The largest absolute Gasteiger partial charge is 0.435 e. The molecule has 1 aromatic heterocycles. The van der Waals surface area contributed by atoms with Crippen LogP contribution in [-0.4, -0.2) is 4.98 Å². The van der Waals surface area contributed by atoms with Gasteiger partial charge >= 0.3 is 6.18 Å². The number of halogens is 3. The lowest BCUT2D eigenvalue weighted by atomic mass is 10.4. The molecule has 0 bridgehead atoms. The Morgan fingerprint density at radius 3 is 2.46 bits per heavy atom. The average molecular weight is 206 g/mol. The van der Waals surface area contributed by atoms with E-state index in [4.69, 9.17) is 5.26 Å². The van der Waals surface area contributed by atoms with Gasteiger partial charge in [-0.3, -0.25) is 0 Å². The molecule has 0 saturated carbocycles. The van der Waals surface area contributed by atoms with E-state index in [1.54, 1.807) is 6.92 Å². The van der Waals surface area contributed by atoms with Gasteiger partial charge in [-0.25, -0.2) is 4.98 Å². The molecule has 2 nitrogen and oxygen atoms in total. The highest BCUT2D eigenvalue weighted by atomic mass is 32.1. The Balaban J connectivity index is 3.21. The van der Waals surface area contributed by atoms with Crippen LogP contribution in [0.3, 0.4) is 0 Å². The van der Waals surface area contributed by atoms with Gasteiger partial charge < -0.3 is 0 Å². The zero-order chi connectivity index (χ0) is 10.1. The van der Waals surface area contributed by atoms with Crippen LogP contribution in [0.4, 0.5) is 13.2 Å². The fourth-order valence-electron chi connectivity index (χ4n) is 0.784. The summed E-state index contributed by atoms with van der Waals surface area (Å²) in [4.78, 5) is 2.98. The molecule has 0 saturated heterocycles. The Morgan fingerprint density at radius 1 is 1.54 bits per heavy atom. The van der Waals surface area contributed by atoms with Gasteiger partial charge in [0, 0.05) is 0 Å². The first-order chi connectivity index (χ1) is 5.99. The molecular weight excluding hydrogens is 201 g/mol. The molecule has 0 radical (unpaired) electrons. The molecule has 0 fully saturated rings. The zero-order valence-electron chi connectivity index (χ0n) is 6.64. The van der Waals surface area contributed by atoms with Crippen LogP contribution < -0.4 is 0 Å². The quantitative estimate of drug-likeness (QED) is 0.708. The standard InChI is InChI=1S/C7H5F3N2S/c1-2-5-12-6(7(8,9)10)4(3-11)13-5/h2H2,1H3. The number of hydrogen-bond donors (Lipinski definition) is 0. The van der Waals surface area contributed by atoms with E-state index in [2.05, 4.69) is 4.98 Å². The highest BCUT2D eigenvalue weighted by molar-refractivity contribution is 7.12. The molecule has 1 rings (SSSR count). The summed E-state index contributed by atoms with van der Waals surface area (Å²) in [6, 6.07) is 1.49. The van der Waals surface area contributed by atoms with E-state index >= 15 is 0 Å². The molecule has 0 aliphatic heterocycles. The highest BCUT2D eigenvalue weighted by Crippen LogP contribution is 2.33. The molecule has 0 amide bonds. The summed E-state index contributed by atoms with van der Waals surface area (Å²) in [6.45, 7) is 1.69. The van der Waals surface area contributed by atoms with Crippen LogP contribution in [0.25, 0.3) is 0 Å². The van der Waals surface area contributed by atoms with Gasteiger partial charge in [0.05, 0.1) is 5.01 Å². The molecule has 0 N–H and O–H groups in total. The molecule has 0 aromatic carbocycles. The topological polar surface area (TPSA) is 36.7 Å². The predicted molar refractivity (Wildman–Crippen MR) is 41.2 cm³/mol. The fraction of sp³-hybridized carbons (Fsp3) is 0.429. The Bertz CT molecular complexity index is 348. The molecule has 1 heterocycles. The van der Waals surface area contributed by atoms with Crippen molar-refractivity contribution in [2.75, 3.05) is 0 Å². The summed E-state index contributed by atoms with van der Waals surface area (Å²) in [6.07, 6.45) is -4.11. The molecular formula is C7H5F3N2S. The Morgan fingerprint density at radius 2 is 2.15 bits per heavy atom. The minimum absolute atomic E-state index is 0.337. The zero-order valence-corrected chi connectivity index (χ0v) is 7.46. The molecule has 70 valence electrons. The number of nitriles is 1. The lowest BCUT2D eigenvalue weighted by Crippen LogP contribution is -2.07. The predicted octanol–water partition coefficient (Wildman–Crippen LogP) is 2.60. The van der Waals surface area contributed by atoms with E-state index in [0.717, 1.165) is 11.3 Å². The summed E-state index contributed by atoms with van der Waals surface area (Å²) in [5, 5.41) is 8.75. The molecule has 0 atom stereocenters. The molecule has 0 spiro atoms. The summed E-state index contributed by atoms with van der Waals surface area (Å²) in [5.41, 5.74) is -1.06. The highest BCUT2D eigenvalue weighted by Gasteiger charge is 2.37. The van der Waals surface area contributed by atoms with E-state index in [1.165, 1.54) is 6.07 Å². The lowest BCUT2D eigenvalue weighted by molar-refractivity contribution is -0.141. The van der Waals surface area contributed by atoms with Crippen molar-refractivity contribution in [2.45, 2.75) is 19.5 Å². The van der Waals surface area contributed by atoms with Crippen LogP contribution in [0.5, 0.6) is 0 Å². The average Bonchev–Trinajstić information content (AvgIpc) is 2.46. The Kier molecular flexibility index (Phi) is 2.57. The van der Waals surface area contributed by atoms with E-state index in [-0.39, 0.29) is 4.88 Å². The van der Waals surface area contributed by atoms with Crippen molar-refractivity contribution >= 4 is 11.3 Å². The maximum atomic E-state index is 12.2. The van der Waals surface area contributed by atoms with Gasteiger partial charge in [-0.05, 0) is 6.42 Å². The van der Waals surface area contributed by atoms with Crippen LogP contribution in [0.2, 0.25) is 0 Å². The summed E-state index contributed by atoms with van der Waals surface area (Å²) >= 11 is 0.794. The second-order valence-electron chi connectivity index (χ2n) is 2.25. The van der Waals surface area contributed by atoms with Crippen LogP contribution in [0.15, 0.2) is 0 Å². The van der Waals surface area contributed by atoms with Crippen LogP contribution >= 0.6 is 11.3 Å². The smallest absolute Gasteiger partial charge is 0.235 e. The maximum Gasteiger partial charge on any atom is 0.435 e. The number of hydrogen-bond acceptors (Lipinski definition) is 3. The second-order valence-corrected chi connectivity index (χ2v) is 3.33. The van der Waals surface area contributed by atoms with Crippen LogP contribution in [-0.2, 0) is 12.6 Å². The van der Waals surface area contributed by atoms with Gasteiger partial charge in [-0.2, -0.15) is 18.4 Å². The number of rotatable bonds is 1. The third-order valence-corrected chi connectivity index (χ3v) is 2.45. The number of nitrogens with zero attached hydrogens (tertiary/aromatic N) is 2. The molecule has 0 aliphatic rings. The van der Waals surface area contributed by atoms with Gasteiger partial charge in [0.2, 0.25) is 0 Å². The van der Waals surface area contributed by atoms with Crippen molar-refractivity contribution in [1.29, 1.82) is 5.26 Å². The van der Waals surface area contributed by atoms with Gasteiger partial charge in [-0.15, -0.1) is 11.3 Å². The van der Waals surface area contributed by atoms with Gasteiger partial charge in [0.1, 0.15) is 10.9 Å². The summed E-state index contributed by atoms with van der Waals surface area (Å²) < 4.78 is 36.5. The van der Waals surface area contributed by atoms with Crippen molar-refractivity contribution in [3.8, 4) is 6.07 Å². The number of aryl methyl sites for hydroxylation is 1. The second kappa shape index (κ2) is 3.34. The summed E-state index contributed by atoms with van der Waals surface area (Å²) in [5.74, 6) is 0. The monoisotopic (exact) mass is 206 g/mol. The molecule has 1 aromatic rings. The van der Waals surface area contributed by atoms with Gasteiger partial charge in [-0.1, -0.05) is 6.92 Å². The third kappa shape index (κ3) is 1.98. The van der Waals surface area contributed by atoms with Crippen LogP contribution in [0, 0.1) is 11.3 Å². The number of alkyl halides is 3. The normalized spacial score (nSPS) is 11.3. The summed E-state index contributed by atoms with van der Waals surface area (Å²) in [7, 11) is 0. The minimum Gasteiger partial charge on any atom is -0.235 e. The van der Waals surface area contributed by atoms with Crippen molar-refractivity contribution < 1.29 is 13.2 Å². The molecule has 0 unspecified atom stereocenters. The molecule has 13 heavy (non-hydrogen) atoms. The van der Waals surface area contributed by atoms with Crippen molar-refractivity contribution in [2.24, 2.45) is 0 Å². The van der Waals surface area contributed by atoms with Crippen LogP contribution in [0.1, 0.15) is 22.5 Å². The SMILES string of the molecule is CCc1nc(C(F)(F)F)c(C#N)s1. The van der Waals surface area contributed by atoms with Crippen molar-refractivity contribution in [3.63, 3.8) is 0 Å². The van der Waals surface area contributed by atoms with E-state index in [1.807, 2.05) is 0 Å². The fourth-order valence-corrected chi connectivity index (χ4v) is 1.60. The first-order valence-electron chi connectivity index (χ1n) is 3.46. The van der Waals surface area contributed by atoms with E-state index < -0.39 is 11.9 Å².